The Labute approximate surface area is 144 Å². The van der Waals surface area contributed by atoms with Crippen LogP contribution >= 0.6 is 11.5 Å². The summed E-state index contributed by atoms with van der Waals surface area (Å²) in [6, 6.07) is 13.3. The Kier molecular flexibility index (Phi) is 4.57. The zero-order chi connectivity index (χ0) is 17.1. The molecule has 6 heteroatoms. The summed E-state index contributed by atoms with van der Waals surface area (Å²) < 4.78 is 9.18. The fourth-order valence-electron chi connectivity index (χ4n) is 2.36. The molecule has 5 nitrogen and oxygen atoms in total. The lowest BCUT2D eigenvalue weighted by Crippen LogP contribution is -2.12. The standard InChI is InChI=1S/C18H17N3O2S/c1-11-6-4-9-15(12(11)2)19-18(22)17-16(20-21-24-17)13-7-5-8-14(10-13)23-3/h4-10H,1-3H3,(H,19,22). The number of hydrogen-bond acceptors (Lipinski definition) is 5. The Hall–Kier alpha value is -2.73. The number of nitrogens with zero attached hydrogens (tertiary/aromatic N) is 2. The Morgan fingerprint density at radius 2 is 1.96 bits per heavy atom. The molecule has 3 rings (SSSR count). The van der Waals surface area contributed by atoms with E-state index in [2.05, 4.69) is 14.9 Å². The highest BCUT2D eigenvalue weighted by molar-refractivity contribution is 7.08. The Morgan fingerprint density at radius 3 is 2.75 bits per heavy atom. The second-order valence-electron chi connectivity index (χ2n) is 5.38. The molecule has 0 aliphatic carbocycles. The van der Waals surface area contributed by atoms with Crippen LogP contribution in [0.2, 0.25) is 0 Å². The van der Waals surface area contributed by atoms with Crippen molar-refractivity contribution in [2.75, 3.05) is 12.4 Å². The Bertz CT molecular complexity index is 889. The van der Waals surface area contributed by atoms with Crippen LogP contribution in [0.5, 0.6) is 5.75 Å². The molecule has 0 aliphatic rings. The smallest absolute Gasteiger partial charge is 0.269 e. The van der Waals surface area contributed by atoms with Gasteiger partial charge in [0.2, 0.25) is 0 Å². The largest absolute Gasteiger partial charge is 0.497 e. The maximum absolute atomic E-state index is 12.7. The van der Waals surface area contributed by atoms with Crippen molar-refractivity contribution in [1.29, 1.82) is 0 Å². The van der Waals surface area contributed by atoms with E-state index in [0.717, 1.165) is 33.9 Å². The molecule has 0 aliphatic heterocycles. The van der Waals surface area contributed by atoms with Crippen molar-refractivity contribution < 1.29 is 9.53 Å². The minimum atomic E-state index is -0.212. The van der Waals surface area contributed by atoms with Gasteiger partial charge in [-0.25, -0.2) is 0 Å². The first kappa shape index (κ1) is 16.1. The van der Waals surface area contributed by atoms with Crippen molar-refractivity contribution in [2.45, 2.75) is 13.8 Å². The summed E-state index contributed by atoms with van der Waals surface area (Å²) in [7, 11) is 1.60. The number of amides is 1. The maximum Gasteiger partial charge on any atom is 0.269 e. The van der Waals surface area contributed by atoms with Gasteiger partial charge in [-0.2, -0.15) is 0 Å². The second kappa shape index (κ2) is 6.80. The number of ether oxygens (including phenoxy) is 1. The average molecular weight is 339 g/mol. The van der Waals surface area contributed by atoms with E-state index >= 15 is 0 Å². The summed E-state index contributed by atoms with van der Waals surface area (Å²) in [6.07, 6.45) is 0. The molecule has 3 aromatic rings. The topological polar surface area (TPSA) is 64.1 Å². The minimum Gasteiger partial charge on any atom is -0.497 e. The highest BCUT2D eigenvalue weighted by Gasteiger charge is 2.19. The summed E-state index contributed by atoms with van der Waals surface area (Å²) in [6.45, 7) is 4.00. The Morgan fingerprint density at radius 1 is 1.17 bits per heavy atom. The van der Waals surface area contributed by atoms with Gasteiger partial charge >= 0.3 is 0 Å². The number of methoxy groups -OCH3 is 1. The van der Waals surface area contributed by atoms with Crippen LogP contribution in [-0.2, 0) is 0 Å². The lowest BCUT2D eigenvalue weighted by atomic mass is 10.1. The molecular formula is C18H17N3O2S. The number of benzene rings is 2. The Balaban J connectivity index is 1.92. The van der Waals surface area contributed by atoms with Gasteiger partial charge in [0.15, 0.2) is 0 Å². The predicted octanol–water partition coefficient (Wildman–Crippen LogP) is 4.08. The van der Waals surface area contributed by atoms with E-state index in [9.17, 15) is 4.79 Å². The van der Waals surface area contributed by atoms with E-state index in [1.807, 2.05) is 56.3 Å². The first-order valence-corrected chi connectivity index (χ1v) is 8.22. The van der Waals surface area contributed by atoms with Gasteiger partial charge in [0.1, 0.15) is 16.3 Å². The SMILES string of the molecule is COc1cccc(-c2nnsc2C(=O)Nc2cccc(C)c2C)c1. The first-order valence-electron chi connectivity index (χ1n) is 7.44. The molecule has 0 unspecified atom stereocenters. The van der Waals surface area contributed by atoms with Gasteiger partial charge in [-0.1, -0.05) is 28.8 Å². The quantitative estimate of drug-likeness (QED) is 0.778. The maximum atomic E-state index is 12.7. The molecule has 0 atom stereocenters. The lowest BCUT2D eigenvalue weighted by Gasteiger charge is -2.10. The molecule has 2 aromatic carbocycles. The summed E-state index contributed by atoms with van der Waals surface area (Å²) >= 11 is 1.08. The first-order chi connectivity index (χ1) is 11.6. The molecule has 1 amide bonds. The molecule has 0 bridgehead atoms. The minimum absolute atomic E-state index is 0.212. The molecule has 1 aromatic heterocycles. The number of anilines is 1. The van der Waals surface area contributed by atoms with E-state index in [0.29, 0.717) is 16.3 Å². The van der Waals surface area contributed by atoms with Crippen molar-refractivity contribution in [3.8, 4) is 17.0 Å². The van der Waals surface area contributed by atoms with Crippen LogP contribution < -0.4 is 10.1 Å². The summed E-state index contributed by atoms with van der Waals surface area (Å²) in [5, 5.41) is 7.07. The van der Waals surface area contributed by atoms with E-state index < -0.39 is 0 Å². The number of hydrogen-bond donors (Lipinski definition) is 1. The van der Waals surface area contributed by atoms with Crippen LogP contribution in [0.15, 0.2) is 42.5 Å². The second-order valence-corrected chi connectivity index (χ2v) is 6.14. The van der Waals surface area contributed by atoms with Gasteiger partial charge in [0.25, 0.3) is 5.91 Å². The van der Waals surface area contributed by atoms with Crippen LogP contribution in [0.25, 0.3) is 11.3 Å². The van der Waals surface area contributed by atoms with Crippen LogP contribution in [0.1, 0.15) is 20.8 Å². The van der Waals surface area contributed by atoms with Gasteiger partial charge in [-0.3, -0.25) is 4.79 Å². The van der Waals surface area contributed by atoms with Crippen LogP contribution in [0.3, 0.4) is 0 Å². The zero-order valence-corrected chi connectivity index (χ0v) is 14.5. The average Bonchev–Trinajstić information content (AvgIpc) is 3.09. The van der Waals surface area contributed by atoms with E-state index in [1.165, 1.54) is 0 Å². The van der Waals surface area contributed by atoms with Gasteiger partial charge in [0.05, 0.1) is 7.11 Å². The summed E-state index contributed by atoms with van der Waals surface area (Å²) in [5.41, 5.74) is 4.33. The van der Waals surface area contributed by atoms with Crippen molar-refractivity contribution in [1.82, 2.24) is 9.59 Å². The van der Waals surface area contributed by atoms with E-state index in [-0.39, 0.29) is 5.91 Å². The molecule has 0 spiro atoms. The molecule has 1 heterocycles. The molecule has 24 heavy (non-hydrogen) atoms. The fourth-order valence-corrected chi connectivity index (χ4v) is 2.95. The number of carbonyl (C=O) groups excluding carboxylic acids is 1. The number of carbonyl (C=O) groups is 1. The highest BCUT2D eigenvalue weighted by Crippen LogP contribution is 2.28. The number of nitrogens with one attached hydrogen (secondary N) is 1. The third-order valence-corrected chi connectivity index (χ3v) is 4.61. The predicted molar refractivity (Wildman–Crippen MR) is 95.8 cm³/mol. The zero-order valence-electron chi connectivity index (χ0n) is 13.7. The number of rotatable bonds is 4. The lowest BCUT2D eigenvalue weighted by molar-refractivity contribution is 0.103. The van der Waals surface area contributed by atoms with Crippen molar-refractivity contribution in [3.63, 3.8) is 0 Å². The molecule has 0 saturated heterocycles. The molecule has 0 saturated carbocycles. The molecule has 1 N–H and O–H groups in total. The number of aromatic nitrogens is 2. The monoisotopic (exact) mass is 339 g/mol. The molecule has 0 fully saturated rings. The van der Waals surface area contributed by atoms with Gasteiger partial charge in [-0.15, -0.1) is 5.10 Å². The van der Waals surface area contributed by atoms with Crippen molar-refractivity contribution in [2.24, 2.45) is 0 Å². The van der Waals surface area contributed by atoms with Gasteiger partial charge in [0, 0.05) is 11.3 Å². The van der Waals surface area contributed by atoms with Gasteiger partial charge in [-0.05, 0) is 54.7 Å². The fraction of sp³-hybridized carbons (Fsp3) is 0.167. The van der Waals surface area contributed by atoms with Crippen LogP contribution in [0, 0.1) is 13.8 Å². The van der Waals surface area contributed by atoms with E-state index in [4.69, 9.17) is 4.74 Å². The normalized spacial score (nSPS) is 10.5. The van der Waals surface area contributed by atoms with Crippen molar-refractivity contribution >= 4 is 23.1 Å². The third-order valence-electron chi connectivity index (χ3n) is 3.89. The molecular weight excluding hydrogens is 322 g/mol. The highest BCUT2D eigenvalue weighted by atomic mass is 32.1. The van der Waals surface area contributed by atoms with Crippen molar-refractivity contribution in [3.05, 3.63) is 58.5 Å². The molecule has 122 valence electrons. The van der Waals surface area contributed by atoms with Crippen LogP contribution in [0.4, 0.5) is 5.69 Å². The summed E-state index contributed by atoms with van der Waals surface area (Å²) in [4.78, 5) is 13.2. The van der Waals surface area contributed by atoms with Gasteiger partial charge < -0.3 is 10.1 Å². The molecule has 0 radical (unpaired) electrons. The van der Waals surface area contributed by atoms with E-state index in [1.54, 1.807) is 7.11 Å². The van der Waals surface area contributed by atoms with Crippen LogP contribution in [-0.4, -0.2) is 22.6 Å². The number of aryl methyl sites for hydroxylation is 1. The third kappa shape index (κ3) is 3.14. The summed E-state index contributed by atoms with van der Waals surface area (Å²) in [5.74, 6) is 0.498.